The minimum absolute atomic E-state index is 0.0125. The highest BCUT2D eigenvalue weighted by Gasteiger charge is 2.36. The van der Waals surface area contributed by atoms with Crippen molar-refractivity contribution in [2.45, 2.75) is 52.7 Å². The highest BCUT2D eigenvalue weighted by Crippen LogP contribution is 2.44. The lowest BCUT2D eigenvalue weighted by molar-refractivity contribution is -0.118. The molecule has 0 fully saturated rings. The third-order valence-corrected chi connectivity index (χ3v) is 7.49. The van der Waals surface area contributed by atoms with E-state index in [2.05, 4.69) is 17.1 Å². The minimum atomic E-state index is -0.350. The molecule has 1 amide bonds. The smallest absolute Gasteiger partial charge is 0.232 e. The van der Waals surface area contributed by atoms with Gasteiger partial charge in [-0.05, 0) is 85.8 Å². The van der Waals surface area contributed by atoms with Crippen LogP contribution in [0.15, 0.2) is 60.7 Å². The van der Waals surface area contributed by atoms with Crippen LogP contribution < -0.4 is 14.4 Å². The van der Waals surface area contributed by atoms with Crippen molar-refractivity contribution in [2.75, 3.05) is 12.0 Å². The number of H-pyrrole nitrogens is 1. The molecule has 1 aromatic heterocycles. The number of benzene rings is 3. The van der Waals surface area contributed by atoms with E-state index in [-0.39, 0.29) is 24.5 Å². The van der Waals surface area contributed by atoms with Gasteiger partial charge in [-0.3, -0.25) is 9.89 Å². The molecule has 1 N–H and O–H groups in total. The van der Waals surface area contributed by atoms with Gasteiger partial charge in [0, 0.05) is 22.0 Å². The number of hydrogen-bond donors (Lipinski definition) is 1. The lowest BCUT2D eigenvalue weighted by Gasteiger charge is -2.38. The van der Waals surface area contributed by atoms with Gasteiger partial charge in [0.15, 0.2) is 11.5 Å². The number of aromatic nitrogens is 2. The van der Waals surface area contributed by atoms with Crippen LogP contribution in [0.5, 0.6) is 11.5 Å². The number of carbonyl (C=O) groups excluding carboxylic acids is 1. The van der Waals surface area contributed by atoms with Crippen LogP contribution in [0.2, 0.25) is 5.02 Å². The first kappa shape index (κ1) is 25.9. The first-order valence-electron chi connectivity index (χ1n) is 12.9. The second-order valence-corrected chi connectivity index (χ2v) is 10.2. The van der Waals surface area contributed by atoms with E-state index < -0.39 is 0 Å². The van der Waals surface area contributed by atoms with Crippen molar-refractivity contribution in [3.8, 4) is 22.6 Å². The van der Waals surface area contributed by atoms with Crippen LogP contribution in [0, 0.1) is 13.8 Å². The summed E-state index contributed by atoms with van der Waals surface area (Å²) in [7, 11) is 1.63. The molecule has 5 rings (SSSR count). The predicted molar refractivity (Wildman–Crippen MR) is 151 cm³/mol. The Morgan fingerprint density at radius 2 is 1.79 bits per heavy atom. The number of nitrogens with zero attached hydrogens (tertiary/aromatic N) is 2. The highest BCUT2D eigenvalue weighted by atomic mass is 35.5. The molecular formula is C31H32ClN3O3. The number of ether oxygens (including phenoxy) is 2. The molecule has 0 spiro atoms. The Morgan fingerprint density at radius 1 is 1.08 bits per heavy atom. The van der Waals surface area contributed by atoms with Gasteiger partial charge in [-0.15, -0.1) is 0 Å². The van der Waals surface area contributed by atoms with Gasteiger partial charge in [0.05, 0.1) is 31.4 Å². The molecule has 1 unspecified atom stereocenters. The molecule has 0 radical (unpaired) electrons. The molecule has 0 bridgehead atoms. The third kappa shape index (κ3) is 4.76. The fourth-order valence-electron chi connectivity index (χ4n) is 5.14. The fraction of sp³-hybridized carbons (Fsp3) is 0.290. The summed E-state index contributed by atoms with van der Waals surface area (Å²) in [5.41, 5.74) is 7.83. The van der Waals surface area contributed by atoms with E-state index in [1.165, 1.54) is 0 Å². The van der Waals surface area contributed by atoms with Crippen LogP contribution in [0.3, 0.4) is 0 Å². The Kier molecular flexibility index (Phi) is 7.17. The Bertz CT molecular complexity index is 1440. The number of aromatic amines is 1. The van der Waals surface area contributed by atoms with Crippen molar-refractivity contribution in [1.82, 2.24) is 10.2 Å². The normalized spacial score (nSPS) is 15.8. The summed E-state index contributed by atoms with van der Waals surface area (Å²) in [5, 5.41) is 8.02. The van der Waals surface area contributed by atoms with Gasteiger partial charge < -0.3 is 14.4 Å². The molecular weight excluding hydrogens is 498 g/mol. The largest absolute Gasteiger partial charge is 0.493 e. The molecule has 196 valence electrons. The summed E-state index contributed by atoms with van der Waals surface area (Å²) in [4.78, 5) is 15.6. The van der Waals surface area contributed by atoms with Crippen LogP contribution in [0.4, 0.5) is 5.69 Å². The maximum absolute atomic E-state index is 13.8. The minimum Gasteiger partial charge on any atom is -0.493 e. The van der Waals surface area contributed by atoms with Gasteiger partial charge in [0.2, 0.25) is 5.91 Å². The third-order valence-electron chi connectivity index (χ3n) is 7.24. The van der Waals surface area contributed by atoms with Crippen LogP contribution in [-0.2, 0) is 11.2 Å². The molecule has 0 aliphatic carbocycles. The molecule has 0 saturated carbocycles. The topological polar surface area (TPSA) is 67.5 Å². The number of carbonyl (C=O) groups is 1. The number of fused-ring (bicyclic) bond motifs is 1. The van der Waals surface area contributed by atoms with E-state index in [0.29, 0.717) is 16.5 Å². The van der Waals surface area contributed by atoms with Gasteiger partial charge >= 0.3 is 0 Å². The zero-order valence-electron chi connectivity index (χ0n) is 22.3. The average molecular weight is 530 g/mol. The molecule has 4 aromatic rings. The molecule has 3 aromatic carbocycles. The molecule has 2 heterocycles. The van der Waals surface area contributed by atoms with Crippen molar-refractivity contribution in [1.29, 1.82) is 0 Å². The van der Waals surface area contributed by atoms with E-state index in [9.17, 15) is 4.79 Å². The van der Waals surface area contributed by atoms with E-state index in [4.69, 9.17) is 21.1 Å². The van der Waals surface area contributed by atoms with E-state index >= 15 is 0 Å². The van der Waals surface area contributed by atoms with Gasteiger partial charge in [-0.2, -0.15) is 5.10 Å². The summed E-state index contributed by atoms with van der Waals surface area (Å²) in [6.07, 6.45) is 1.16. The van der Waals surface area contributed by atoms with Gasteiger partial charge in [0.1, 0.15) is 0 Å². The maximum atomic E-state index is 13.8. The van der Waals surface area contributed by atoms with E-state index in [1.807, 2.05) is 86.3 Å². The number of aryl methyl sites for hydroxylation is 2. The number of amides is 1. The molecule has 7 heteroatoms. The summed E-state index contributed by atoms with van der Waals surface area (Å²) < 4.78 is 11.9. The molecule has 1 aliphatic rings. The number of methoxy groups -OCH3 is 1. The lowest BCUT2D eigenvalue weighted by atomic mass is 9.86. The summed E-state index contributed by atoms with van der Waals surface area (Å²) in [6, 6.07) is 19.4. The van der Waals surface area contributed by atoms with Crippen molar-refractivity contribution >= 4 is 23.2 Å². The second-order valence-electron chi connectivity index (χ2n) is 9.79. The van der Waals surface area contributed by atoms with Gasteiger partial charge in [0.25, 0.3) is 0 Å². The van der Waals surface area contributed by atoms with Crippen molar-refractivity contribution in [3.05, 3.63) is 93.8 Å². The Labute approximate surface area is 228 Å². The second kappa shape index (κ2) is 10.5. The van der Waals surface area contributed by atoms with Crippen LogP contribution in [-0.4, -0.2) is 29.3 Å². The van der Waals surface area contributed by atoms with Crippen molar-refractivity contribution < 1.29 is 14.3 Å². The van der Waals surface area contributed by atoms with Crippen LogP contribution in [0.1, 0.15) is 54.4 Å². The zero-order chi connectivity index (χ0) is 27.0. The molecule has 6 nitrogen and oxygen atoms in total. The summed E-state index contributed by atoms with van der Waals surface area (Å²) in [5.74, 6) is 1.32. The first-order chi connectivity index (χ1) is 18.3. The predicted octanol–water partition coefficient (Wildman–Crippen LogP) is 7.21. The first-order valence-corrected chi connectivity index (χ1v) is 13.3. The van der Waals surface area contributed by atoms with Gasteiger partial charge in [-0.25, -0.2) is 0 Å². The Morgan fingerprint density at radius 3 is 2.39 bits per heavy atom. The molecule has 38 heavy (non-hydrogen) atoms. The lowest BCUT2D eigenvalue weighted by Crippen LogP contribution is -2.41. The fourth-order valence-corrected chi connectivity index (χ4v) is 5.27. The standard InChI is InChI=1S/C31H32ClN3O3/c1-6-18(2)38-28-17-26-23(15-27(28)37-5)16-29(36)35(31(26)22-7-11-24(32)12-8-22)25-13-9-21(10-14-25)30-19(3)33-34-20(30)4/h7-15,17-18,31H,6,16H2,1-5H3,(H,33,34)/t18-,31?/m1/s1. The quantitative estimate of drug-likeness (QED) is 0.274. The van der Waals surface area contributed by atoms with Crippen LogP contribution in [0.25, 0.3) is 11.1 Å². The molecule has 0 saturated heterocycles. The van der Waals surface area contributed by atoms with Crippen molar-refractivity contribution in [3.63, 3.8) is 0 Å². The summed E-state index contributed by atoms with van der Waals surface area (Å²) in [6.45, 7) is 8.12. The van der Waals surface area contributed by atoms with E-state index in [1.54, 1.807) is 7.11 Å². The number of rotatable bonds is 7. The average Bonchev–Trinajstić information content (AvgIpc) is 3.26. The monoisotopic (exact) mass is 529 g/mol. The van der Waals surface area contributed by atoms with Crippen LogP contribution >= 0.6 is 11.6 Å². The number of hydrogen-bond acceptors (Lipinski definition) is 4. The zero-order valence-corrected chi connectivity index (χ0v) is 23.1. The molecule has 1 aliphatic heterocycles. The van der Waals surface area contributed by atoms with E-state index in [0.717, 1.165) is 51.3 Å². The molecule has 2 atom stereocenters. The Balaban J connectivity index is 1.64. The summed E-state index contributed by atoms with van der Waals surface area (Å²) >= 11 is 6.24. The number of halogens is 1. The maximum Gasteiger partial charge on any atom is 0.232 e. The number of nitrogens with one attached hydrogen (secondary N) is 1. The van der Waals surface area contributed by atoms with Crippen molar-refractivity contribution in [2.24, 2.45) is 0 Å². The van der Waals surface area contributed by atoms with Gasteiger partial charge in [-0.1, -0.05) is 42.8 Å². The Hall–Kier alpha value is -3.77. The SMILES string of the molecule is CC[C@@H](C)Oc1cc2c(cc1OC)CC(=O)N(c1ccc(-c3c(C)n[nH]c3C)cc1)C2c1ccc(Cl)cc1. The number of anilines is 1. The highest BCUT2D eigenvalue weighted by molar-refractivity contribution is 6.30.